The largest absolute Gasteiger partial charge is 0.256 e. The number of hydrogen-bond acceptors (Lipinski definition) is 3. The number of nitrogens with one attached hydrogen (secondary N) is 1. The van der Waals surface area contributed by atoms with Gasteiger partial charge in [-0.3, -0.25) is 15.4 Å². The van der Waals surface area contributed by atoms with Crippen LogP contribution in [-0.4, -0.2) is 24.1 Å². The Morgan fingerprint density at radius 2 is 2.00 bits per heavy atom. The van der Waals surface area contributed by atoms with E-state index in [1.165, 1.54) is 10.9 Å². The van der Waals surface area contributed by atoms with E-state index in [-0.39, 0.29) is 0 Å². The predicted octanol–water partition coefficient (Wildman–Crippen LogP) is 1.80. The summed E-state index contributed by atoms with van der Waals surface area (Å²) in [6.07, 6.45) is 1.83. The number of rotatable bonds is 3. The first-order valence-corrected chi connectivity index (χ1v) is 5.01. The van der Waals surface area contributed by atoms with Gasteiger partial charge in [0, 0.05) is 32.2 Å². The topological polar surface area (TPSA) is 28.2 Å². The maximum atomic E-state index is 4.40. The fraction of sp³-hybridized carbons (Fsp3) is 0.250. The number of fused-ring (bicyclic) bond motifs is 1. The first-order valence-electron chi connectivity index (χ1n) is 5.01. The molecule has 1 aromatic carbocycles. The molecule has 0 saturated heterocycles. The maximum Gasteiger partial charge on any atom is 0.0747 e. The second-order valence-corrected chi connectivity index (χ2v) is 3.72. The third-order valence-corrected chi connectivity index (χ3v) is 2.30. The third-order valence-electron chi connectivity index (χ3n) is 2.30. The van der Waals surface area contributed by atoms with Gasteiger partial charge in [-0.25, -0.2) is 0 Å². The van der Waals surface area contributed by atoms with Gasteiger partial charge in [0.15, 0.2) is 0 Å². The van der Waals surface area contributed by atoms with Crippen LogP contribution < -0.4 is 5.43 Å². The van der Waals surface area contributed by atoms with Crippen LogP contribution in [0.4, 0.5) is 0 Å². The van der Waals surface area contributed by atoms with Crippen molar-refractivity contribution in [3.63, 3.8) is 0 Å². The second-order valence-electron chi connectivity index (χ2n) is 3.72. The average molecular weight is 201 g/mol. The minimum Gasteiger partial charge on any atom is -0.256 e. The standard InChI is InChI=1S/C12H15N3/c1-15(2)14-9-11-6-3-5-10-7-4-8-13-12(10)11/h3-8,14H,9H2,1-2H3. The van der Waals surface area contributed by atoms with Gasteiger partial charge in [-0.2, -0.15) is 0 Å². The van der Waals surface area contributed by atoms with Crippen LogP contribution in [0.25, 0.3) is 10.9 Å². The molecule has 2 rings (SSSR count). The summed E-state index contributed by atoms with van der Waals surface area (Å²) in [7, 11) is 3.97. The molecule has 0 atom stereocenters. The zero-order chi connectivity index (χ0) is 10.7. The molecule has 0 bridgehead atoms. The molecule has 1 aromatic heterocycles. The third kappa shape index (κ3) is 2.32. The summed E-state index contributed by atoms with van der Waals surface area (Å²) in [6.45, 7) is 0.807. The normalized spacial score (nSPS) is 11.1. The first-order chi connectivity index (χ1) is 7.27. The van der Waals surface area contributed by atoms with Gasteiger partial charge in [0.25, 0.3) is 0 Å². The monoisotopic (exact) mass is 201 g/mol. The lowest BCUT2D eigenvalue weighted by atomic mass is 10.1. The zero-order valence-corrected chi connectivity index (χ0v) is 9.07. The Bertz CT molecular complexity index is 446. The number of benzene rings is 1. The van der Waals surface area contributed by atoms with Crippen LogP contribution in [0.5, 0.6) is 0 Å². The SMILES string of the molecule is CN(C)NCc1cccc2cccnc12. The van der Waals surface area contributed by atoms with Crippen molar-refractivity contribution in [2.45, 2.75) is 6.54 Å². The summed E-state index contributed by atoms with van der Waals surface area (Å²) < 4.78 is 0. The number of para-hydroxylation sites is 1. The maximum absolute atomic E-state index is 4.40. The highest BCUT2D eigenvalue weighted by Crippen LogP contribution is 2.15. The van der Waals surface area contributed by atoms with E-state index in [2.05, 4.69) is 34.7 Å². The quantitative estimate of drug-likeness (QED) is 0.767. The molecule has 3 nitrogen and oxygen atoms in total. The van der Waals surface area contributed by atoms with E-state index in [0.717, 1.165) is 12.1 Å². The molecule has 0 fully saturated rings. The molecule has 0 spiro atoms. The van der Waals surface area contributed by atoms with Crippen LogP contribution in [0.1, 0.15) is 5.56 Å². The summed E-state index contributed by atoms with van der Waals surface area (Å²) in [6, 6.07) is 10.3. The van der Waals surface area contributed by atoms with Crippen LogP contribution >= 0.6 is 0 Å². The molecule has 2 aromatic rings. The van der Waals surface area contributed by atoms with E-state index in [1.54, 1.807) is 0 Å². The number of aromatic nitrogens is 1. The Hall–Kier alpha value is -1.45. The predicted molar refractivity (Wildman–Crippen MR) is 62.3 cm³/mol. The highest BCUT2D eigenvalue weighted by Gasteiger charge is 2.00. The molecule has 0 aliphatic heterocycles. The molecule has 0 saturated carbocycles. The van der Waals surface area contributed by atoms with E-state index in [1.807, 2.05) is 31.4 Å². The summed E-state index contributed by atoms with van der Waals surface area (Å²) in [5.41, 5.74) is 5.55. The van der Waals surface area contributed by atoms with E-state index >= 15 is 0 Å². The molecule has 3 heteroatoms. The Morgan fingerprint density at radius 3 is 2.80 bits per heavy atom. The van der Waals surface area contributed by atoms with Crippen molar-refractivity contribution < 1.29 is 0 Å². The summed E-state index contributed by atoms with van der Waals surface area (Å²) >= 11 is 0. The average Bonchev–Trinajstić information content (AvgIpc) is 2.26. The van der Waals surface area contributed by atoms with Gasteiger partial charge < -0.3 is 0 Å². The minimum absolute atomic E-state index is 0.807. The van der Waals surface area contributed by atoms with Gasteiger partial charge in [-0.05, 0) is 11.6 Å². The van der Waals surface area contributed by atoms with Gasteiger partial charge in [-0.1, -0.05) is 24.3 Å². The Morgan fingerprint density at radius 1 is 1.20 bits per heavy atom. The highest BCUT2D eigenvalue weighted by molar-refractivity contribution is 5.81. The van der Waals surface area contributed by atoms with Crippen molar-refractivity contribution in [1.29, 1.82) is 0 Å². The molecule has 0 aliphatic carbocycles. The number of hydrogen-bond donors (Lipinski definition) is 1. The van der Waals surface area contributed by atoms with Crippen molar-refractivity contribution in [3.8, 4) is 0 Å². The van der Waals surface area contributed by atoms with Crippen LogP contribution in [0.2, 0.25) is 0 Å². The first kappa shape index (κ1) is 10.1. The molecular formula is C12H15N3. The highest BCUT2D eigenvalue weighted by atomic mass is 15.5. The summed E-state index contributed by atoms with van der Waals surface area (Å²) in [4.78, 5) is 4.40. The Kier molecular flexibility index (Phi) is 2.94. The van der Waals surface area contributed by atoms with E-state index in [9.17, 15) is 0 Å². The molecule has 1 heterocycles. The Balaban J connectivity index is 2.34. The van der Waals surface area contributed by atoms with Gasteiger partial charge in [0.2, 0.25) is 0 Å². The lowest BCUT2D eigenvalue weighted by Gasteiger charge is -2.12. The lowest BCUT2D eigenvalue weighted by Crippen LogP contribution is -2.29. The number of nitrogens with zero attached hydrogens (tertiary/aromatic N) is 2. The van der Waals surface area contributed by atoms with Crippen LogP contribution in [0, 0.1) is 0 Å². The van der Waals surface area contributed by atoms with Crippen molar-refractivity contribution in [2.24, 2.45) is 0 Å². The van der Waals surface area contributed by atoms with Gasteiger partial charge >= 0.3 is 0 Å². The van der Waals surface area contributed by atoms with Crippen molar-refractivity contribution in [1.82, 2.24) is 15.4 Å². The number of hydrazine groups is 1. The molecule has 0 aliphatic rings. The lowest BCUT2D eigenvalue weighted by molar-refractivity contribution is 0.286. The van der Waals surface area contributed by atoms with Gasteiger partial charge in [-0.15, -0.1) is 0 Å². The zero-order valence-electron chi connectivity index (χ0n) is 9.07. The second kappa shape index (κ2) is 4.38. The van der Waals surface area contributed by atoms with Crippen molar-refractivity contribution in [3.05, 3.63) is 42.1 Å². The van der Waals surface area contributed by atoms with E-state index in [4.69, 9.17) is 0 Å². The molecule has 0 unspecified atom stereocenters. The fourth-order valence-electron chi connectivity index (χ4n) is 1.55. The van der Waals surface area contributed by atoms with Crippen LogP contribution in [-0.2, 0) is 6.54 Å². The van der Waals surface area contributed by atoms with Crippen LogP contribution in [0.3, 0.4) is 0 Å². The van der Waals surface area contributed by atoms with Crippen molar-refractivity contribution in [2.75, 3.05) is 14.1 Å². The number of pyridine rings is 1. The fourth-order valence-corrected chi connectivity index (χ4v) is 1.55. The molecule has 0 amide bonds. The molecule has 15 heavy (non-hydrogen) atoms. The molecule has 1 N–H and O–H groups in total. The summed E-state index contributed by atoms with van der Waals surface area (Å²) in [5.74, 6) is 0. The van der Waals surface area contributed by atoms with Crippen LogP contribution in [0.15, 0.2) is 36.5 Å². The molecule has 0 radical (unpaired) electrons. The molecule has 78 valence electrons. The summed E-state index contributed by atoms with van der Waals surface area (Å²) in [5, 5.41) is 3.14. The minimum atomic E-state index is 0.807. The molecular weight excluding hydrogens is 186 g/mol. The van der Waals surface area contributed by atoms with E-state index < -0.39 is 0 Å². The van der Waals surface area contributed by atoms with Gasteiger partial charge in [0.1, 0.15) is 0 Å². The smallest absolute Gasteiger partial charge is 0.0747 e. The van der Waals surface area contributed by atoms with Crippen molar-refractivity contribution >= 4 is 10.9 Å². The van der Waals surface area contributed by atoms with E-state index in [0.29, 0.717) is 0 Å². The Labute approximate surface area is 89.7 Å². The van der Waals surface area contributed by atoms with Gasteiger partial charge in [0.05, 0.1) is 5.52 Å².